The molecule has 2 heterocycles. The molecule has 2 aromatic carbocycles. The average Bonchev–Trinajstić information content (AvgIpc) is 2.77. The Balaban J connectivity index is 1.67. The van der Waals surface area contributed by atoms with Crippen molar-refractivity contribution in [1.82, 2.24) is 9.97 Å². The number of hydrogen-bond acceptors (Lipinski definition) is 6. The Morgan fingerprint density at radius 2 is 1.94 bits per heavy atom. The molecule has 0 radical (unpaired) electrons. The molecule has 7 heteroatoms. The molecule has 0 aliphatic heterocycles. The summed E-state index contributed by atoms with van der Waals surface area (Å²) in [7, 11) is 0. The third-order valence-electron chi connectivity index (χ3n) is 4.98. The molecule has 3 N–H and O–H groups in total. The fourth-order valence-electron chi connectivity index (χ4n) is 3.44. The van der Waals surface area contributed by atoms with Gasteiger partial charge in [0.15, 0.2) is 0 Å². The molecule has 0 unspecified atom stereocenters. The molecule has 156 valence electrons. The van der Waals surface area contributed by atoms with Gasteiger partial charge in [0, 0.05) is 11.8 Å². The van der Waals surface area contributed by atoms with E-state index in [-0.39, 0.29) is 23.7 Å². The molecule has 0 aliphatic carbocycles. The van der Waals surface area contributed by atoms with E-state index in [4.69, 9.17) is 14.9 Å². The maximum Gasteiger partial charge on any atom is 0.337 e. The number of rotatable bonds is 6. The highest BCUT2D eigenvalue weighted by Gasteiger charge is 2.13. The lowest BCUT2D eigenvalue weighted by atomic mass is 9.98. The monoisotopic (exact) mass is 415 g/mol. The van der Waals surface area contributed by atoms with Crippen LogP contribution in [0.5, 0.6) is 6.01 Å². The number of nitrogens with two attached hydrogens (primary N) is 1. The van der Waals surface area contributed by atoms with Gasteiger partial charge in [-0.15, -0.1) is 0 Å². The van der Waals surface area contributed by atoms with Crippen molar-refractivity contribution < 1.29 is 9.15 Å². The van der Waals surface area contributed by atoms with Crippen LogP contribution in [0.25, 0.3) is 27.9 Å². The van der Waals surface area contributed by atoms with Gasteiger partial charge in [0.05, 0.1) is 0 Å². The molecule has 0 amide bonds. The first-order chi connectivity index (χ1) is 15.0. The van der Waals surface area contributed by atoms with E-state index in [0.717, 1.165) is 22.3 Å². The Bertz CT molecular complexity index is 1400. The van der Waals surface area contributed by atoms with Crippen LogP contribution in [0, 0.1) is 0 Å². The molecule has 0 saturated carbocycles. The van der Waals surface area contributed by atoms with Gasteiger partial charge in [-0.3, -0.25) is 9.78 Å². The van der Waals surface area contributed by atoms with Gasteiger partial charge in [-0.2, -0.15) is 4.98 Å². The van der Waals surface area contributed by atoms with Crippen LogP contribution in [-0.4, -0.2) is 9.97 Å². The number of aromatic nitrogens is 2. The normalized spacial score (nSPS) is 10.9. The van der Waals surface area contributed by atoms with Gasteiger partial charge in [0.25, 0.3) is 11.6 Å². The Hall–Kier alpha value is -4.13. The van der Waals surface area contributed by atoms with Gasteiger partial charge in [0.2, 0.25) is 5.71 Å². The summed E-state index contributed by atoms with van der Waals surface area (Å²) in [4.78, 5) is 31.1. The number of aromatic amines is 1. The van der Waals surface area contributed by atoms with Crippen molar-refractivity contribution in [1.29, 1.82) is 0 Å². The van der Waals surface area contributed by atoms with E-state index in [9.17, 15) is 9.59 Å². The highest BCUT2D eigenvalue weighted by molar-refractivity contribution is 5.76. The van der Waals surface area contributed by atoms with Crippen molar-refractivity contribution in [3.63, 3.8) is 0 Å². The van der Waals surface area contributed by atoms with E-state index in [1.807, 2.05) is 55.5 Å². The van der Waals surface area contributed by atoms with E-state index in [0.29, 0.717) is 17.7 Å². The number of nitrogens with one attached hydrogen (secondary N) is 1. The lowest BCUT2D eigenvalue weighted by Gasteiger charge is -2.12. The zero-order valence-electron chi connectivity index (χ0n) is 17.0. The Kier molecular flexibility index (Phi) is 5.41. The molecular formula is C24H21N3O4. The minimum atomic E-state index is -0.555. The third-order valence-corrected chi connectivity index (χ3v) is 4.98. The molecular weight excluding hydrogens is 394 g/mol. The molecule has 2 aromatic heterocycles. The molecule has 4 rings (SSSR count). The summed E-state index contributed by atoms with van der Waals surface area (Å²) in [6, 6.07) is 16.8. The second-order valence-electron chi connectivity index (χ2n) is 7.05. The number of nitrogens with zero attached hydrogens (tertiary/aromatic N) is 1. The third kappa shape index (κ3) is 4.11. The molecule has 7 nitrogen and oxygen atoms in total. The highest BCUT2D eigenvalue weighted by atomic mass is 16.5. The zero-order chi connectivity index (χ0) is 22.0. The zero-order valence-corrected chi connectivity index (χ0v) is 17.0. The average molecular weight is 415 g/mol. The largest absolute Gasteiger partial charge is 0.460 e. The summed E-state index contributed by atoms with van der Waals surface area (Å²) in [5.41, 5.74) is 9.53. The Morgan fingerprint density at radius 1 is 1.13 bits per heavy atom. The standard InChI is InChI=1S/C24H21N3O4/c1-3-15-12-20(28)31-23-21(15)22(29)26-24(27-23)30-13-18-7-4-5-10-19(18)17-9-6-8-16(11-17)14(2)25/h4-12H,2-3,13,25H2,1H3,(H,26,27,29). The summed E-state index contributed by atoms with van der Waals surface area (Å²) < 4.78 is 10.9. The summed E-state index contributed by atoms with van der Waals surface area (Å²) >= 11 is 0. The Labute approximate surface area is 177 Å². The van der Waals surface area contributed by atoms with Crippen LogP contribution in [0.2, 0.25) is 0 Å². The number of aryl methyl sites for hydroxylation is 1. The first kappa shape index (κ1) is 20.2. The molecule has 0 saturated heterocycles. The summed E-state index contributed by atoms with van der Waals surface area (Å²) in [5.74, 6) is 0. The second-order valence-corrected chi connectivity index (χ2v) is 7.05. The number of fused-ring (bicyclic) bond motifs is 1. The van der Waals surface area contributed by atoms with Crippen molar-refractivity contribution in [2.45, 2.75) is 20.0 Å². The van der Waals surface area contributed by atoms with Crippen molar-refractivity contribution in [3.8, 4) is 17.1 Å². The fraction of sp³-hybridized carbons (Fsp3) is 0.125. The van der Waals surface area contributed by atoms with Gasteiger partial charge in [-0.05, 0) is 40.3 Å². The van der Waals surface area contributed by atoms with Gasteiger partial charge >= 0.3 is 5.63 Å². The van der Waals surface area contributed by atoms with E-state index in [1.54, 1.807) is 0 Å². The molecule has 0 bridgehead atoms. The lowest BCUT2D eigenvalue weighted by Crippen LogP contribution is -2.15. The van der Waals surface area contributed by atoms with Crippen LogP contribution in [0.3, 0.4) is 0 Å². The molecule has 0 atom stereocenters. The van der Waals surface area contributed by atoms with E-state index < -0.39 is 11.2 Å². The predicted octanol–water partition coefficient (Wildman–Crippen LogP) is 3.61. The SMILES string of the molecule is C=C(N)c1cccc(-c2ccccc2COc2nc3oc(=O)cc(CC)c3c(=O)[nH]2)c1. The van der Waals surface area contributed by atoms with Crippen LogP contribution in [0.15, 0.2) is 75.2 Å². The number of benzene rings is 2. The van der Waals surface area contributed by atoms with Crippen LogP contribution in [0.4, 0.5) is 0 Å². The molecule has 0 aliphatic rings. The quantitative estimate of drug-likeness (QED) is 0.498. The van der Waals surface area contributed by atoms with Gasteiger partial charge < -0.3 is 14.9 Å². The van der Waals surface area contributed by atoms with Gasteiger partial charge in [-0.25, -0.2) is 4.79 Å². The summed E-state index contributed by atoms with van der Waals surface area (Å²) in [6.07, 6.45) is 0.509. The smallest absolute Gasteiger partial charge is 0.337 e. The minimum Gasteiger partial charge on any atom is -0.460 e. The van der Waals surface area contributed by atoms with E-state index in [1.165, 1.54) is 6.07 Å². The first-order valence-electron chi connectivity index (χ1n) is 9.79. The van der Waals surface area contributed by atoms with E-state index >= 15 is 0 Å². The molecule has 0 spiro atoms. The molecule has 31 heavy (non-hydrogen) atoms. The number of H-pyrrole nitrogens is 1. The Morgan fingerprint density at radius 3 is 2.71 bits per heavy atom. The molecule has 4 aromatic rings. The van der Waals surface area contributed by atoms with Crippen LogP contribution < -0.4 is 21.7 Å². The first-order valence-corrected chi connectivity index (χ1v) is 9.79. The van der Waals surface area contributed by atoms with Crippen molar-refractivity contribution in [2.75, 3.05) is 0 Å². The van der Waals surface area contributed by atoms with Crippen molar-refractivity contribution in [2.24, 2.45) is 5.73 Å². The van der Waals surface area contributed by atoms with Crippen LogP contribution in [-0.2, 0) is 13.0 Å². The fourth-order valence-corrected chi connectivity index (χ4v) is 3.44. The van der Waals surface area contributed by atoms with E-state index in [2.05, 4.69) is 16.5 Å². The summed E-state index contributed by atoms with van der Waals surface area (Å²) in [6.45, 7) is 5.79. The number of hydrogen-bond donors (Lipinski definition) is 2. The van der Waals surface area contributed by atoms with Gasteiger partial charge in [0.1, 0.15) is 12.0 Å². The van der Waals surface area contributed by atoms with Gasteiger partial charge in [-0.1, -0.05) is 56.0 Å². The van der Waals surface area contributed by atoms with Crippen LogP contribution in [0.1, 0.15) is 23.6 Å². The topological polar surface area (TPSA) is 111 Å². The number of ether oxygens (including phenoxy) is 1. The van der Waals surface area contributed by atoms with Crippen molar-refractivity contribution >= 4 is 16.8 Å². The lowest BCUT2D eigenvalue weighted by molar-refractivity contribution is 0.280. The minimum absolute atomic E-state index is 0.0206. The van der Waals surface area contributed by atoms with Crippen LogP contribution >= 0.6 is 0 Å². The maximum atomic E-state index is 12.5. The maximum absolute atomic E-state index is 12.5. The van der Waals surface area contributed by atoms with Crippen molar-refractivity contribution in [3.05, 3.63) is 98.6 Å². The second kappa shape index (κ2) is 8.31. The summed E-state index contributed by atoms with van der Waals surface area (Å²) in [5, 5.41) is 0.258. The highest BCUT2D eigenvalue weighted by Crippen LogP contribution is 2.26. The molecule has 0 fully saturated rings. The predicted molar refractivity (Wildman–Crippen MR) is 120 cm³/mol.